The van der Waals surface area contributed by atoms with Gasteiger partial charge in [-0.05, 0) is 53.1 Å². The third-order valence-corrected chi connectivity index (χ3v) is 5.51. The first-order chi connectivity index (χ1) is 14.4. The number of aromatic amines is 2. The highest BCUT2D eigenvalue weighted by molar-refractivity contribution is 5.89. The summed E-state index contributed by atoms with van der Waals surface area (Å²) in [5.74, 6) is -0.188. The van der Waals surface area contributed by atoms with Gasteiger partial charge in [0.1, 0.15) is 5.75 Å². The highest BCUT2D eigenvalue weighted by Gasteiger charge is 2.31. The lowest BCUT2D eigenvalue weighted by Crippen LogP contribution is -2.07. The lowest BCUT2D eigenvalue weighted by molar-refractivity contribution is -0.137. The zero-order chi connectivity index (χ0) is 20.9. The van der Waals surface area contributed by atoms with E-state index in [2.05, 4.69) is 9.97 Å². The van der Waals surface area contributed by atoms with Gasteiger partial charge in [0.25, 0.3) is 0 Å². The third kappa shape index (κ3) is 3.01. The van der Waals surface area contributed by atoms with Crippen LogP contribution in [0.15, 0.2) is 79.1 Å². The molecule has 0 amide bonds. The van der Waals surface area contributed by atoms with Gasteiger partial charge >= 0.3 is 6.18 Å². The minimum Gasteiger partial charge on any atom is -0.508 e. The van der Waals surface area contributed by atoms with Gasteiger partial charge in [-0.2, -0.15) is 13.2 Å². The SMILES string of the molecule is Oc1ccc2[nH]cc(C(c3ccc(C(F)(F)F)cc3)c3c[nH]c4ccccc34)c2c1. The average molecular weight is 406 g/mol. The second kappa shape index (κ2) is 6.69. The van der Waals surface area contributed by atoms with E-state index in [0.717, 1.165) is 50.6 Å². The molecule has 6 heteroatoms. The van der Waals surface area contributed by atoms with Crippen molar-refractivity contribution in [2.24, 2.45) is 0 Å². The number of rotatable bonds is 3. The summed E-state index contributed by atoms with van der Waals surface area (Å²) >= 11 is 0. The predicted molar refractivity (Wildman–Crippen MR) is 111 cm³/mol. The van der Waals surface area contributed by atoms with Crippen LogP contribution in [0.5, 0.6) is 5.75 Å². The zero-order valence-corrected chi connectivity index (χ0v) is 15.7. The van der Waals surface area contributed by atoms with E-state index in [1.54, 1.807) is 18.2 Å². The number of benzene rings is 3. The number of halogens is 3. The van der Waals surface area contributed by atoms with Crippen LogP contribution in [0.25, 0.3) is 21.8 Å². The van der Waals surface area contributed by atoms with Crippen LogP contribution in [0.2, 0.25) is 0 Å². The lowest BCUT2D eigenvalue weighted by Gasteiger charge is -2.18. The molecule has 0 aliphatic rings. The van der Waals surface area contributed by atoms with E-state index < -0.39 is 11.7 Å². The fraction of sp³-hybridized carbons (Fsp3) is 0.0833. The summed E-state index contributed by atoms with van der Waals surface area (Å²) in [5, 5.41) is 11.8. The maximum absolute atomic E-state index is 13.1. The third-order valence-electron chi connectivity index (χ3n) is 5.51. The zero-order valence-electron chi connectivity index (χ0n) is 15.7. The number of hydrogen-bond acceptors (Lipinski definition) is 1. The lowest BCUT2D eigenvalue weighted by atomic mass is 9.84. The van der Waals surface area contributed by atoms with Gasteiger partial charge in [0.2, 0.25) is 0 Å². The van der Waals surface area contributed by atoms with Crippen LogP contribution in [0.4, 0.5) is 13.2 Å². The number of phenols is 1. The van der Waals surface area contributed by atoms with Gasteiger partial charge in [0, 0.05) is 40.1 Å². The quantitative estimate of drug-likeness (QED) is 0.312. The molecule has 0 saturated heterocycles. The number of aromatic hydroxyl groups is 1. The van der Waals surface area contributed by atoms with Crippen LogP contribution in [0, 0.1) is 0 Å². The Morgan fingerprint density at radius 1 is 0.733 bits per heavy atom. The Morgan fingerprint density at radius 2 is 1.37 bits per heavy atom. The molecular weight excluding hydrogens is 389 g/mol. The number of H-pyrrole nitrogens is 2. The molecule has 5 rings (SSSR count). The molecular formula is C24H17F3N2O. The van der Waals surface area contributed by atoms with Crippen LogP contribution in [-0.2, 0) is 6.18 Å². The van der Waals surface area contributed by atoms with Crippen LogP contribution < -0.4 is 0 Å². The van der Waals surface area contributed by atoms with Gasteiger partial charge in [0.05, 0.1) is 5.56 Å². The summed E-state index contributed by atoms with van der Waals surface area (Å²) in [6.07, 6.45) is -0.635. The van der Waals surface area contributed by atoms with Gasteiger partial charge in [-0.25, -0.2) is 0 Å². The molecule has 3 nitrogen and oxygen atoms in total. The number of nitrogens with one attached hydrogen (secondary N) is 2. The number of phenolic OH excluding ortho intramolecular Hbond substituents is 1. The Morgan fingerprint density at radius 3 is 2.07 bits per heavy atom. The molecule has 0 aliphatic heterocycles. The van der Waals surface area contributed by atoms with Crippen molar-refractivity contribution < 1.29 is 18.3 Å². The molecule has 0 saturated carbocycles. The monoisotopic (exact) mass is 406 g/mol. The molecule has 2 aromatic heterocycles. The van der Waals surface area contributed by atoms with Gasteiger partial charge in [-0.15, -0.1) is 0 Å². The van der Waals surface area contributed by atoms with E-state index in [-0.39, 0.29) is 11.7 Å². The molecule has 2 heterocycles. The maximum atomic E-state index is 13.1. The summed E-state index contributed by atoms with van der Waals surface area (Å²) in [5.41, 5.74) is 3.68. The Labute approximate surface area is 169 Å². The van der Waals surface area contributed by atoms with E-state index in [0.29, 0.717) is 0 Å². The molecule has 0 spiro atoms. The molecule has 1 unspecified atom stereocenters. The Hall–Kier alpha value is -3.67. The largest absolute Gasteiger partial charge is 0.508 e. The topological polar surface area (TPSA) is 51.8 Å². The van der Waals surface area contributed by atoms with Crippen LogP contribution >= 0.6 is 0 Å². The molecule has 0 radical (unpaired) electrons. The molecule has 30 heavy (non-hydrogen) atoms. The van der Waals surface area contributed by atoms with Crippen molar-refractivity contribution in [2.75, 3.05) is 0 Å². The Balaban J connectivity index is 1.75. The molecule has 5 aromatic rings. The number of hydrogen-bond donors (Lipinski definition) is 3. The van der Waals surface area contributed by atoms with Crippen molar-refractivity contribution >= 4 is 21.8 Å². The minimum atomic E-state index is -4.39. The maximum Gasteiger partial charge on any atom is 0.416 e. The molecule has 0 aliphatic carbocycles. The molecule has 0 bridgehead atoms. The van der Waals surface area contributed by atoms with Crippen molar-refractivity contribution in [3.63, 3.8) is 0 Å². The molecule has 150 valence electrons. The van der Waals surface area contributed by atoms with Gasteiger partial charge < -0.3 is 15.1 Å². The number of fused-ring (bicyclic) bond motifs is 2. The van der Waals surface area contributed by atoms with E-state index >= 15 is 0 Å². The predicted octanol–water partition coefficient (Wildman–Crippen LogP) is 6.55. The normalized spacial score (nSPS) is 13.2. The van der Waals surface area contributed by atoms with Gasteiger partial charge in [0.15, 0.2) is 0 Å². The Bertz CT molecular complexity index is 1350. The highest BCUT2D eigenvalue weighted by Crippen LogP contribution is 2.41. The molecule has 1 atom stereocenters. The van der Waals surface area contributed by atoms with Gasteiger partial charge in [-0.1, -0.05) is 30.3 Å². The van der Waals surface area contributed by atoms with Crippen molar-refractivity contribution in [3.05, 3.63) is 101 Å². The summed E-state index contributed by atoms with van der Waals surface area (Å²) < 4.78 is 39.3. The van der Waals surface area contributed by atoms with Crippen molar-refractivity contribution in [1.82, 2.24) is 9.97 Å². The highest BCUT2D eigenvalue weighted by atomic mass is 19.4. The first-order valence-electron chi connectivity index (χ1n) is 9.45. The van der Waals surface area contributed by atoms with Crippen LogP contribution in [0.1, 0.15) is 28.2 Å². The van der Waals surface area contributed by atoms with E-state index in [1.165, 1.54) is 12.1 Å². The van der Waals surface area contributed by atoms with Gasteiger partial charge in [-0.3, -0.25) is 0 Å². The average Bonchev–Trinajstić information content (AvgIpc) is 3.33. The van der Waals surface area contributed by atoms with E-state index in [1.807, 2.05) is 36.7 Å². The van der Waals surface area contributed by atoms with E-state index in [9.17, 15) is 18.3 Å². The summed E-state index contributed by atoms with van der Waals surface area (Å²) in [4.78, 5) is 6.47. The number of aromatic nitrogens is 2. The summed E-state index contributed by atoms with van der Waals surface area (Å²) in [7, 11) is 0. The first kappa shape index (κ1) is 18.4. The fourth-order valence-corrected chi connectivity index (χ4v) is 4.09. The second-order valence-corrected chi connectivity index (χ2v) is 7.32. The van der Waals surface area contributed by atoms with Crippen LogP contribution in [-0.4, -0.2) is 15.1 Å². The molecule has 3 N–H and O–H groups in total. The Kier molecular flexibility index (Phi) is 4.10. The smallest absolute Gasteiger partial charge is 0.416 e. The van der Waals surface area contributed by atoms with Crippen molar-refractivity contribution in [2.45, 2.75) is 12.1 Å². The molecule has 3 aromatic carbocycles. The fourth-order valence-electron chi connectivity index (χ4n) is 4.09. The number of alkyl halides is 3. The van der Waals surface area contributed by atoms with Crippen molar-refractivity contribution in [1.29, 1.82) is 0 Å². The first-order valence-corrected chi connectivity index (χ1v) is 9.45. The minimum absolute atomic E-state index is 0.133. The summed E-state index contributed by atoms with van der Waals surface area (Å²) in [6.45, 7) is 0. The molecule has 0 fully saturated rings. The number of para-hydroxylation sites is 1. The summed E-state index contributed by atoms with van der Waals surface area (Å²) in [6, 6.07) is 18.2. The second-order valence-electron chi connectivity index (χ2n) is 7.32. The van der Waals surface area contributed by atoms with E-state index in [4.69, 9.17) is 0 Å². The standard InChI is InChI=1S/C24H17F3N2O/c25-24(26,27)15-7-5-14(6-8-15)23(19-12-28-21-4-2-1-3-17(19)21)20-13-29-22-10-9-16(30)11-18(20)22/h1-13,23,28-30H. The van der Waals surface area contributed by atoms with Crippen molar-refractivity contribution in [3.8, 4) is 5.75 Å². The van der Waals surface area contributed by atoms with Crippen LogP contribution in [0.3, 0.4) is 0 Å².